The first-order chi connectivity index (χ1) is 8.42. The summed E-state index contributed by atoms with van der Waals surface area (Å²) >= 11 is 0. The number of carbonyl (C=O) groups excluding carboxylic acids is 1. The SMILES string of the molecule is CC1=C2c3cc(C)ccc3C(C)CC2(O)OC1=O. The molecule has 1 heterocycles. The molecule has 2 unspecified atom stereocenters. The summed E-state index contributed by atoms with van der Waals surface area (Å²) in [5.74, 6) is -1.66. The molecule has 0 fully saturated rings. The Bertz CT molecular complexity index is 585. The maximum absolute atomic E-state index is 11.7. The number of esters is 1. The average Bonchev–Trinajstić information content (AvgIpc) is 2.49. The lowest BCUT2D eigenvalue weighted by molar-refractivity contribution is -0.179. The fraction of sp³-hybridized carbons (Fsp3) is 0.400. The molecule has 0 saturated carbocycles. The van der Waals surface area contributed by atoms with Crippen LogP contribution in [-0.2, 0) is 9.53 Å². The molecule has 94 valence electrons. The van der Waals surface area contributed by atoms with Crippen molar-refractivity contribution in [2.45, 2.75) is 38.9 Å². The second-order valence-corrected chi connectivity index (χ2v) is 5.37. The van der Waals surface area contributed by atoms with Gasteiger partial charge in [0, 0.05) is 17.6 Å². The third-order valence-corrected chi connectivity index (χ3v) is 3.93. The van der Waals surface area contributed by atoms with Crippen molar-refractivity contribution in [1.82, 2.24) is 0 Å². The van der Waals surface area contributed by atoms with Crippen molar-refractivity contribution in [3.05, 3.63) is 40.5 Å². The van der Waals surface area contributed by atoms with Crippen LogP contribution in [-0.4, -0.2) is 16.9 Å². The zero-order chi connectivity index (χ0) is 13.1. The van der Waals surface area contributed by atoms with Crippen LogP contribution in [0, 0.1) is 6.92 Å². The molecule has 0 spiro atoms. The first-order valence-electron chi connectivity index (χ1n) is 6.20. The van der Waals surface area contributed by atoms with Crippen LogP contribution < -0.4 is 0 Å². The summed E-state index contributed by atoms with van der Waals surface area (Å²) in [6.07, 6.45) is 0.432. The van der Waals surface area contributed by atoms with Gasteiger partial charge in [0.15, 0.2) is 0 Å². The third-order valence-electron chi connectivity index (χ3n) is 3.93. The largest absolute Gasteiger partial charge is 0.425 e. The first kappa shape index (κ1) is 11.5. The normalized spacial score (nSPS) is 30.0. The van der Waals surface area contributed by atoms with Gasteiger partial charge in [-0.2, -0.15) is 0 Å². The summed E-state index contributed by atoms with van der Waals surface area (Å²) in [7, 11) is 0. The van der Waals surface area contributed by atoms with E-state index in [1.807, 2.05) is 19.9 Å². The van der Waals surface area contributed by atoms with Gasteiger partial charge >= 0.3 is 5.97 Å². The Morgan fingerprint density at radius 3 is 2.83 bits per heavy atom. The molecule has 2 atom stereocenters. The van der Waals surface area contributed by atoms with Gasteiger partial charge < -0.3 is 9.84 Å². The number of ether oxygens (including phenoxy) is 1. The Hall–Kier alpha value is -1.61. The van der Waals surface area contributed by atoms with E-state index in [1.165, 1.54) is 5.56 Å². The Morgan fingerprint density at radius 1 is 1.39 bits per heavy atom. The van der Waals surface area contributed by atoms with Gasteiger partial charge in [0.05, 0.1) is 0 Å². The van der Waals surface area contributed by atoms with Crippen molar-refractivity contribution in [3.8, 4) is 0 Å². The fourth-order valence-electron chi connectivity index (χ4n) is 3.07. The van der Waals surface area contributed by atoms with E-state index in [0.29, 0.717) is 17.6 Å². The highest BCUT2D eigenvalue weighted by Gasteiger charge is 2.50. The molecule has 0 radical (unpaired) electrons. The van der Waals surface area contributed by atoms with E-state index in [4.69, 9.17) is 4.74 Å². The van der Waals surface area contributed by atoms with Gasteiger partial charge in [-0.25, -0.2) is 4.79 Å². The highest BCUT2D eigenvalue weighted by Crippen LogP contribution is 2.50. The van der Waals surface area contributed by atoms with Gasteiger partial charge in [0.2, 0.25) is 5.79 Å². The molecule has 1 aromatic carbocycles. The summed E-state index contributed by atoms with van der Waals surface area (Å²) in [4.78, 5) is 11.7. The van der Waals surface area contributed by atoms with E-state index in [9.17, 15) is 9.90 Å². The predicted molar refractivity (Wildman–Crippen MR) is 67.8 cm³/mol. The van der Waals surface area contributed by atoms with Gasteiger partial charge in [0.25, 0.3) is 0 Å². The molecule has 2 aliphatic rings. The average molecular weight is 244 g/mol. The second kappa shape index (κ2) is 3.45. The van der Waals surface area contributed by atoms with Crippen LogP contribution in [0.4, 0.5) is 0 Å². The lowest BCUT2D eigenvalue weighted by Gasteiger charge is -2.35. The zero-order valence-electron chi connectivity index (χ0n) is 10.8. The summed E-state index contributed by atoms with van der Waals surface area (Å²) in [5.41, 5.74) is 4.43. The number of carbonyl (C=O) groups is 1. The number of aryl methyl sites for hydroxylation is 1. The minimum atomic E-state index is -1.43. The van der Waals surface area contributed by atoms with Gasteiger partial charge in [-0.05, 0) is 30.9 Å². The van der Waals surface area contributed by atoms with Gasteiger partial charge in [0.1, 0.15) is 0 Å². The van der Waals surface area contributed by atoms with Crippen LogP contribution in [0.15, 0.2) is 23.8 Å². The molecule has 0 amide bonds. The van der Waals surface area contributed by atoms with E-state index >= 15 is 0 Å². The van der Waals surface area contributed by atoms with Crippen LogP contribution in [0.1, 0.15) is 42.9 Å². The first-order valence-corrected chi connectivity index (χ1v) is 6.20. The molecule has 1 aliphatic carbocycles. The smallest absolute Gasteiger partial charge is 0.337 e. The number of rotatable bonds is 0. The van der Waals surface area contributed by atoms with Gasteiger partial charge in [-0.3, -0.25) is 0 Å². The Labute approximate surface area is 106 Å². The minimum Gasteiger partial charge on any atom is -0.425 e. The molecule has 0 saturated heterocycles. The van der Waals surface area contributed by atoms with Crippen molar-refractivity contribution >= 4 is 11.5 Å². The Balaban J connectivity index is 2.31. The summed E-state index contributed by atoms with van der Waals surface area (Å²) in [5, 5.41) is 10.6. The minimum absolute atomic E-state index is 0.174. The van der Waals surface area contributed by atoms with E-state index in [-0.39, 0.29) is 5.92 Å². The molecule has 0 bridgehead atoms. The molecule has 3 rings (SSSR count). The van der Waals surface area contributed by atoms with Crippen LogP contribution >= 0.6 is 0 Å². The maximum atomic E-state index is 11.7. The van der Waals surface area contributed by atoms with Crippen molar-refractivity contribution in [2.75, 3.05) is 0 Å². The summed E-state index contributed by atoms with van der Waals surface area (Å²) < 4.78 is 5.17. The number of hydrogen-bond acceptors (Lipinski definition) is 3. The number of hydrogen-bond donors (Lipinski definition) is 1. The lowest BCUT2D eigenvalue weighted by Crippen LogP contribution is -2.36. The van der Waals surface area contributed by atoms with E-state index in [1.54, 1.807) is 6.92 Å². The summed E-state index contributed by atoms with van der Waals surface area (Å²) in [6, 6.07) is 6.17. The highest BCUT2D eigenvalue weighted by atomic mass is 16.7. The summed E-state index contributed by atoms with van der Waals surface area (Å²) in [6.45, 7) is 5.77. The number of aliphatic hydroxyl groups is 1. The monoisotopic (exact) mass is 244 g/mol. The molecule has 1 N–H and O–H groups in total. The van der Waals surface area contributed by atoms with Gasteiger partial charge in [-0.15, -0.1) is 0 Å². The van der Waals surface area contributed by atoms with Crippen LogP contribution in [0.3, 0.4) is 0 Å². The molecule has 1 aliphatic heterocycles. The number of fused-ring (bicyclic) bond motifs is 3. The van der Waals surface area contributed by atoms with Crippen LogP contribution in [0.25, 0.3) is 5.57 Å². The highest BCUT2D eigenvalue weighted by molar-refractivity contribution is 6.04. The molecule has 18 heavy (non-hydrogen) atoms. The zero-order valence-corrected chi connectivity index (χ0v) is 10.8. The maximum Gasteiger partial charge on any atom is 0.337 e. The molecule has 3 nitrogen and oxygen atoms in total. The predicted octanol–water partition coefficient (Wildman–Crippen LogP) is 2.52. The Morgan fingerprint density at radius 2 is 2.11 bits per heavy atom. The molecular formula is C15H16O3. The standard InChI is InChI=1S/C15H16O3/c1-8-4-5-11-9(2)7-15(17)13(12(11)6-8)10(3)14(16)18-15/h4-6,9,17H,7H2,1-3H3. The third kappa shape index (κ3) is 1.37. The van der Waals surface area contributed by atoms with Crippen molar-refractivity contribution in [3.63, 3.8) is 0 Å². The second-order valence-electron chi connectivity index (χ2n) is 5.37. The van der Waals surface area contributed by atoms with E-state index < -0.39 is 11.8 Å². The fourth-order valence-corrected chi connectivity index (χ4v) is 3.07. The Kier molecular flexibility index (Phi) is 2.20. The topological polar surface area (TPSA) is 46.5 Å². The molecule has 0 aromatic heterocycles. The van der Waals surface area contributed by atoms with Crippen molar-refractivity contribution < 1.29 is 14.6 Å². The van der Waals surface area contributed by atoms with Crippen LogP contribution in [0.2, 0.25) is 0 Å². The van der Waals surface area contributed by atoms with Gasteiger partial charge in [-0.1, -0.05) is 30.7 Å². The van der Waals surface area contributed by atoms with E-state index in [2.05, 4.69) is 12.1 Å². The lowest BCUT2D eigenvalue weighted by atomic mass is 9.76. The van der Waals surface area contributed by atoms with Crippen molar-refractivity contribution in [1.29, 1.82) is 0 Å². The van der Waals surface area contributed by atoms with Crippen LogP contribution in [0.5, 0.6) is 0 Å². The quantitative estimate of drug-likeness (QED) is 0.713. The molecule has 1 aromatic rings. The molecular weight excluding hydrogens is 228 g/mol. The molecule has 3 heteroatoms. The number of benzene rings is 1. The van der Waals surface area contributed by atoms with Crippen molar-refractivity contribution in [2.24, 2.45) is 0 Å². The van der Waals surface area contributed by atoms with E-state index in [0.717, 1.165) is 11.1 Å².